The molecule has 1 aromatic heterocycles. The first-order valence-corrected chi connectivity index (χ1v) is 7.06. The van der Waals surface area contributed by atoms with Crippen molar-refractivity contribution in [1.82, 2.24) is 0 Å². The van der Waals surface area contributed by atoms with Crippen molar-refractivity contribution in [3.05, 3.63) is 42.4 Å². The van der Waals surface area contributed by atoms with Gasteiger partial charge in [0.15, 0.2) is 5.76 Å². The van der Waals surface area contributed by atoms with Gasteiger partial charge in [-0.05, 0) is 37.1 Å². The van der Waals surface area contributed by atoms with Gasteiger partial charge in [-0.2, -0.15) is 0 Å². The third-order valence-electron chi connectivity index (χ3n) is 3.65. The molecule has 0 bridgehead atoms. The fraction of sp³-hybridized carbons (Fsp3) is 0.312. The van der Waals surface area contributed by atoms with E-state index in [2.05, 4.69) is 10.2 Å². The summed E-state index contributed by atoms with van der Waals surface area (Å²) in [6, 6.07) is 9.14. The zero-order valence-corrected chi connectivity index (χ0v) is 12.0. The van der Waals surface area contributed by atoms with E-state index < -0.39 is 0 Å². The van der Waals surface area contributed by atoms with Gasteiger partial charge < -0.3 is 19.4 Å². The number of hydrogen-bond donors (Lipinski definition) is 1. The summed E-state index contributed by atoms with van der Waals surface area (Å²) in [5, 5.41) is 2.81. The van der Waals surface area contributed by atoms with Crippen molar-refractivity contribution in [1.29, 1.82) is 0 Å². The van der Waals surface area contributed by atoms with Gasteiger partial charge in [0.25, 0.3) is 5.91 Å². The van der Waals surface area contributed by atoms with Crippen LogP contribution in [0.4, 0.5) is 11.4 Å². The van der Waals surface area contributed by atoms with Crippen LogP contribution in [0.3, 0.4) is 0 Å². The van der Waals surface area contributed by atoms with Crippen molar-refractivity contribution in [2.75, 3.05) is 30.4 Å². The summed E-state index contributed by atoms with van der Waals surface area (Å²) in [6.45, 7) is 2.14. The fourth-order valence-electron chi connectivity index (χ4n) is 2.55. The van der Waals surface area contributed by atoms with Crippen LogP contribution in [-0.4, -0.2) is 26.1 Å². The number of carbonyl (C=O) groups is 1. The molecule has 1 aliphatic heterocycles. The molecule has 2 aromatic rings. The first-order valence-electron chi connectivity index (χ1n) is 7.06. The van der Waals surface area contributed by atoms with Crippen molar-refractivity contribution in [2.45, 2.75) is 12.8 Å². The van der Waals surface area contributed by atoms with Gasteiger partial charge in [0.1, 0.15) is 5.75 Å². The Morgan fingerprint density at radius 2 is 2.10 bits per heavy atom. The van der Waals surface area contributed by atoms with E-state index in [1.165, 1.54) is 19.1 Å². The van der Waals surface area contributed by atoms with Gasteiger partial charge in [0.05, 0.1) is 19.1 Å². The lowest BCUT2D eigenvalue weighted by molar-refractivity contribution is 0.0996. The van der Waals surface area contributed by atoms with Gasteiger partial charge in [-0.1, -0.05) is 0 Å². The van der Waals surface area contributed by atoms with E-state index in [-0.39, 0.29) is 11.7 Å². The molecule has 21 heavy (non-hydrogen) atoms. The number of benzene rings is 1. The number of carbonyl (C=O) groups excluding carboxylic acids is 1. The van der Waals surface area contributed by atoms with Crippen molar-refractivity contribution >= 4 is 17.3 Å². The Bertz CT molecular complexity index is 616. The predicted molar refractivity (Wildman–Crippen MR) is 81.1 cm³/mol. The van der Waals surface area contributed by atoms with Crippen LogP contribution in [0.1, 0.15) is 23.4 Å². The largest absolute Gasteiger partial charge is 0.494 e. The number of furan rings is 1. The van der Waals surface area contributed by atoms with Crippen LogP contribution in [0.2, 0.25) is 0 Å². The quantitative estimate of drug-likeness (QED) is 0.938. The molecule has 1 N–H and O–H groups in total. The highest BCUT2D eigenvalue weighted by atomic mass is 16.5. The summed E-state index contributed by atoms with van der Waals surface area (Å²) < 4.78 is 10.5. The van der Waals surface area contributed by atoms with E-state index in [0.717, 1.165) is 18.8 Å². The monoisotopic (exact) mass is 286 g/mol. The molecule has 1 aliphatic rings. The predicted octanol–water partition coefficient (Wildman–Crippen LogP) is 3.14. The van der Waals surface area contributed by atoms with Gasteiger partial charge in [-0.15, -0.1) is 0 Å². The molecule has 0 aliphatic carbocycles. The SMILES string of the molecule is COc1cc(N2CCCC2)ccc1NC(=O)c1ccco1. The van der Waals surface area contributed by atoms with Crippen LogP contribution in [0.5, 0.6) is 5.75 Å². The molecular weight excluding hydrogens is 268 g/mol. The molecule has 1 saturated heterocycles. The lowest BCUT2D eigenvalue weighted by atomic mass is 10.2. The molecule has 0 spiro atoms. The Kier molecular flexibility index (Phi) is 3.81. The zero-order chi connectivity index (χ0) is 14.7. The van der Waals surface area contributed by atoms with E-state index >= 15 is 0 Å². The number of nitrogens with one attached hydrogen (secondary N) is 1. The molecule has 3 rings (SSSR count). The van der Waals surface area contributed by atoms with Gasteiger partial charge in [0, 0.05) is 24.8 Å². The normalized spacial score (nSPS) is 14.2. The molecule has 0 radical (unpaired) electrons. The summed E-state index contributed by atoms with van der Waals surface area (Å²) in [7, 11) is 1.60. The van der Waals surface area contributed by atoms with E-state index in [1.54, 1.807) is 19.2 Å². The highest BCUT2D eigenvalue weighted by Crippen LogP contribution is 2.31. The van der Waals surface area contributed by atoms with Crippen molar-refractivity contribution in [3.8, 4) is 5.75 Å². The molecule has 1 aromatic carbocycles. The number of methoxy groups -OCH3 is 1. The summed E-state index contributed by atoms with van der Waals surface area (Å²) in [6.07, 6.45) is 3.92. The van der Waals surface area contributed by atoms with E-state index in [0.29, 0.717) is 11.4 Å². The third-order valence-corrected chi connectivity index (χ3v) is 3.65. The summed E-state index contributed by atoms with van der Waals surface area (Å²) in [5.41, 5.74) is 1.77. The Labute approximate surface area is 123 Å². The van der Waals surface area contributed by atoms with Gasteiger partial charge >= 0.3 is 0 Å². The number of amides is 1. The molecule has 0 saturated carbocycles. The van der Waals surface area contributed by atoms with E-state index in [4.69, 9.17) is 9.15 Å². The number of ether oxygens (including phenoxy) is 1. The average Bonchev–Trinajstić information content (AvgIpc) is 3.20. The van der Waals surface area contributed by atoms with Gasteiger partial charge in [-0.25, -0.2) is 0 Å². The lowest BCUT2D eigenvalue weighted by Crippen LogP contribution is -2.18. The Hall–Kier alpha value is -2.43. The second-order valence-electron chi connectivity index (χ2n) is 5.01. The van der Waals surface area contributed by atoms with Crippen LogP contribution < -0.4 is 15.0 Å². The summed E-state index contributed by atoms with van der Waals surface area (Å²) in [4.78, 5) is 14.3. The van der Waals surface area contributed by atoms with Crippen molar-refractivity contribution in [2.24, 2.45) is 0 Å². The molecule has 1 amide bonds. The standard InChI is InChI=1S/C16H18N2O3/c1-20-15-11-12(18-8-2-3-9-18)6-7-13(15)17-16(19)14-5-4-10-21-14/h4-7,10-11H,2-3,8-9H2,1H3,(H,17,19). The van der Waals surface area contributed by atoms with Crippen LogP contribution in [0.25, 0.3) is 0 Å². The van der Waals surface area contributed by atoms with Crippen molar-refractivity contribution in [3.63, 3.8) is 0 Å². The third kappa shape index (κ3) is 2.86. The summed E-state index contributed by atoms with van der Waals surface area (Å²) >= 11 is 0. The number of hydrogen-bond acceptors (Lipinski definition) is 4. The maximum atomic E-state index is 12.0. The summed E-state index contributed by atoms with van der Waals surface area (Å²) in [5.74, 6) is 0.646. The second-order valence-corrected chi connectivity index (χ2v) is 5.01. The minimum Gasteiger partial charge on any atom is -0.494 e. The highest BCUT2D eigenvalue weighted by molar-refractivity contribution is 6.03. The topological polar surface area (TPSA) is 54.7 Å². The second kappa shape index (κ2) is 5.91. The molecule has 5 nitrogen and oxygen atoms in total. The smallest absolute Gasteiger partial charge is 0.291 e. The van der Waals surface area contributed by atoms with E-state index in [1.807, 2.05) is 18.2 Å². The maximum absolute atomic E-state index is 12.0. The number of anilines is 2. The van der Waals surface area contributed by atoms with Crippen LogP contribution >= 0.6 is 0 Å². The Morgan fingerprint density at radius 1 is 1.29 bits per heavy atom. The molecule has 0 atom stereocenters. The highest BCUT2D eigenvalue weighted by Gasteiger charge is 2.16. The first-order chi connectivity index (χ1) is 10.3. The average molecular weight is 286 g/mol. The lowest BCUT2D eigenvalue weighted by Gasteiger charge is -2.19. The first kappa shape index (κ1) is 13.5. The molecule has 1 fully saturated rings. The van der Waals surface area contributed by atoms with Crippen LogP contribution in [-0.2, 0) is 0 Å². The zero-order valence-electron chi connectivity index (χ0n) is 12.0. The minimum atomic E-state index is -0.285. The van der Waals surface area contributed by atoms with Crippen molar-refractivity contribution < 1.29 is 13.9 Å². The molecule has 0 unspecified atom stereocenters. The molecule has 110 valence electrons. The van der Waals surface area contributed by atoms with Crippen LogP contribution in [0.15, 0.2) is 41.0 Å². The molecule has 5 heteroatoms. The minimum absolute atomic E-state index is 0.278. The number of nitrogens with zero attached hydrogens (tertiary/aromatic N) is 1. The molecule has 2 heterocycles. The maximum Gasteiger partial charge on any atom is 0.291 e. The van der Waals surface area contributed by atoms with Gasteiger partial charge in [0.2, 0.25) is 0 Å². The van der Waals surface area contributed by atoms with E-state index in [9.17, 15) is 4.79 Å². The number of rotatable bonds is 4. The fourth-order valence-corrected chi connectivity index (χ4v) is 2.55. The van der Waals surface area contributed by atoms with Gasteiger partial charge in [-0.3, -0.25) is 4.79 Å². The Balaban J connectivity index is 1.80. The van der Waals surface area contributed by atoms with Crippen LogP contribution in [0, 0.1) is 0 Å². The molecular formula is C16H18N2O3. The Morgan fingerprint density at radius 3 is 2.76 bits per heavy atom.